The fourth-order valence-electron chi connectivity index (χ4n) is 2.92. The van der Waals surface area contributed by atoms with Gasteiger partial charge in [0.1, 0.15) is 5.69 Å². The van der Waals surface area contributed by atoms with Gasteiger partial charge >= 0.3 is 0 Å². The van der Waals surface area contributed by atoms with Crippen molar-refractivity contribution in [1.82, 2.24) is 5.32 Å². The summed E-state index contributed by atoms with van der Waals surface area (Å²) in [4.78, 5) is 23.0. The van der Waals surface area contributed by atoms with Crippen LogP contribution in [0, 0.1) is 10.1 Å². The Labute approximate surface area is 146 Å². The molecule has 1 heterocycles. The summed E-state index contributed by atoms with van der Waals surface area (Å²) in [7, 11) is 1.65. The standard InChI is InChI=1S/C17H23N3O5/c1-24-17(6-8-25-9-7-17)11-18-14-5-2-12(10-15(14)20(22)23)16(21)19-13-3-4-13/h2,5,10,13,18H,3-4,6-9,11H2,1H3,(H,19,21). The number of anilines is 1. The number of hydrogen-bond acceptors (Lipinski definition) is 6. The molecule has 1 aliphatic carbocycles. The molecule has 0 spiro atoms. The summed E-state index contributed by atoms with van der Waals surface area (Å²) in [5.41, 5.74) is 0.183. The van der Waals surface area contributed by atoms with Crippen LogP contribution < -0.4 is 10.6 Å². The van der Waals surface area contributed by atoms with E-state index >= 15 is 0 Å². The van der Waals surface area contributed by atoms with Crippen LogP contribution >= 0.6 is 0 Å². The van der Waals surface area contributed by atoms with Gasteiger partial charge in [-0.2, -0.15) is 0 Å². The van der Waals surface area contributed by atoms with E-state index in [1.54, 1.807) is 19.2 Å². The number of methoxy groups -OCH3 is 1. The second kappa shape index (κ2) is 7.37. The average Bonchev–Trinajstić information content (AvgIpc) is 3.44. The molecular weight excluding hydrogens is 326 g/mol. The fraction of sp³-hybridized carbons (Fsp3) is 0.588. The molecule has 136 valence electrons. The summed E-state index contributed by atoms with van der Waals surface area (Å²) in [6.45, 7) is 1.66. The second-order valence-corrected chi connectivity index (χ2v) is 6.59. The molecule has 3 rings (SSSR count). The number of nitro benzene ring substituents is 1. The van der Waals surface area contributed by atoms with Crippen LogP contribution in [0.3, 0.4) is 0 Å². The molecule has 2 N–H and O–H groups in total. The van der Waals surface area contributed by atoms with Crippen LogP contribution in [0.1, 0.15) is 36.0 Å². The Balaban J connectivity index is 1.73. The first-order chi connectivity index (χ1) is 12.0. The van der Waals surface area contributed by atoms with Gasteiger partial charge in [-0.3, -0.25) is 14.9 Å². The van der Waals surface area contributed by atoms with Crippen LogP contribution in [0.15, 0.2) is 18.2 Å². The molecule has 1 saturated carbocycles. The number of nitro groups is 1. The second-order valence-electron chi connectivity index (χ2n) is 6.59. The number of nitrogens with one attached hydrogen (secondary N) is 2. The molecule has 0 radical (unpaired) electrons. The Morgan fingerprint density at radius 2 is 2.12 bits per heavy atom. The third kappa shape index (κ3) is 4.26. The van der Waals surface area contributed by atoms with E-state index in [4.69, 9.17) is 9.47 Å². The lowest BCUT2D eigenvalue weighted by Gasteiger charge is -2.36. The van der Waals surface area contributed by atoms with Crippen molar-refractivity contribution in [2.75, 3.05) is 32.2 Å². The van der Waals surface area contributed by atoms with Gasteiger partial charge in [-0.25, -0.2) is 0 Å². The smallest absolute Gasteiger partial charge is 0.293 e. The average molecular weight is 349 g/mol. The van der Waals surface area contributed by atoms with Crippen molar-refractivity contribution in [3.05, 3.63) is 33.9 Å². The van der Waals surface area contributed by atoms with Crippen LogP contribution in [0.4, 0.5) is 11.4 Å². The third-order valence-corrected chi connectivity index (χ3v) is 4.81. The van der Waals surface area contributed by atoms with Gasteiger partial charge in [-0.1, -0.05) is 0 Å². The maximum absolute atomic E-state index is 12.1. The van der Waals surface area contributed by atoms with E-state index in [9.17, 15) is 14.9 Å². The van der Waals surface area contributed by atoms with Crippen molar-refractivity contribution in [2.45, 2.75) is 37.3 Å². The van der Waals surface area contributed by atoms with E-state index in [0.29, 0.717) is 31.0 Å². The van der Waals surface area contributed by atoms with E-state index in [1.165, 1.54) is 6.07 Å². The number of amides is 1. The molecule has 0 unspecified atom stereocenters. The molecule has 1 aromatic rings. The first kappa shape index (κ1) is 17.6. The van der Waals surface area contributed by atoms with Crippen LogP contribution in [-0.4, -0.2) is 49.3 Å². The Morgan fingerprint density at radius 1 is 1.40 bits per heavy atom. The number of rotatable bonds is 7. The quantitative estimate of drug-likeness (QED) is 0.577. The van der Waals surface area contributed by atoms with Crippen LogP contribution in [0.5, 0.6) is 0 Å². The van der Waals surface area contributed by atoms with Gasteiger partial charge in [-0.15, -0.1) is 0 Å². The summed E-state index contributed by atoms with van der Waals surface area (Å²) >= 11 is 0. The van der Waals surface area contributed by atoms with Crippen molar-refractivity contribution in [2.24, 2.45) is 0 Å². The summed E-state index contributed by atoms with van der Waals surface area (Å²) in [6.07, 6.45) is 3.39. The molecule has 2 aliphatic rings. The highest BCUT2D eigenvalue weighted by molar-refractivity contribution is 5.96. The minimum atomic E-state index is -0.473. The van der Waals surface area contributed by atoms with Crippen molar-refractivity contribution in [3.8, 4) is 0 Å². The number of benzene rings is 1. The zero-order chi connectivity index (χ0) is 17.9. The third-order valence-electron chi connectivity index (χ3n) is 4.81. The number of ether oxygens (including phenoxy) is 2. The highest BCUT2D eigenvalue weighted by Crippen LogP contribution is 2.30. The van der Waals surface area contributed by atoms with Gasteiger partial charge < -0.3 is 20.1 Å². The Kier molecular flexibility index (Phi) is 5.19. The van der Waals surface area contributed by atoms with E-state index < -0.39 is 10.5 Å². The first-order valence-electron chi connectivity index (χ1n) is 8.49. The lowest BCUT2D eigenvalue weighted by atomic mass is 9.94. The molecule has 8 nitrogen and oxygen atoms in total. The first-order valence-corrected chi connectivity index (χ1v) is 8.49. The number of hydrogen-bond donors (Lipinski definition) is 2. The summed E-state index contributed by atoms with van der Waals surface area (Å²) in [5.74, 6) is -0.269. The van der Waals surface area contributed by atoms with Crippen LogP contribution in [-0.2, 0) is 9.47 Å². The van der Waals surface area contributed by atoms with Crippen molar-refractivity contribution in [3.63, 3.8) is 0 Å². The Morgan fingerprint density at radius 3 is 2.72 bits per heavy atom. The van der Waals surface area contributed by atoms with Crippen molar-refractivity contribution >= 4 is 17.3 Å². The fourth-order valence-corrected chi connectivity index (χ4v) is 2.92. The molecule has 8 heteroatoms. The van der Waals surface area contributed by atoms with Crippen LogP contribution in [0.25, 0.3) is 0 Å². The number of carbonyl (C=O) groups is 1. The van der Waals surface area contributed by atoms with Gasteiger partial charge in [0.05, 0.1) is 10.5 Å². The highest BCUT2D eigenvalue weighted by Gasteiger charge is 2.33. The number of nitrogens with zero attached hydrogens (tertiary/aromatic N) is 1. The normalized spacial score (nSPS) is 19.2. The predicted molar refractivity (Wildman–Crippen MR) is 91.9 cm³/mol. The molecule has 1 saturated heterocycles. The molecule has 1 aliphatic heterocycles. The van der Waals surface area contributed by atoms with E-state index in [1.807, 2.05) is 0 Å². The summed E-state index contributed by atoms with van der Waals surface area (Å²) < 4.78 is 11.0. The lowest BCUT2D eigenvalue weighted by molar-refractivity contribution is -0.384. The van der Waals surface area contributed by atoms with E-state index in [2.05, 4.69) is 10.6 Å². The van der Waals surface area contributed by atoms with Gasteiger partial charge in [0.15, 0.2) is 0 Å². The molecule has 0 bridgehead atoms. The maximum atomic E-state index is 12.1. The minimum absolute atomic E-state index is 0.109. The molecular formula is C17H23N3O5. The van der Waals surface area contributed by atoms with Gasteiger partial charge in [0.2, 0.25) is 0 Å². The molecule has 1 aromatic carbocycles. The molecule has 0 atom stereocenters. The lowest BCUT2D eigenvalue weighted by Crippen LogP contribution is -2.44. The van der Waals surface area contributed by atoms with Gasteiger partial charge in [-0.05, 0) is 25.0 Å². The number of carbonyl (C=O) groups excluding carboxylic acids is 1. The summed E-state index contributed by atoms with van der Waals surface area (Å²) in [6, 6.07) is 4.72. The van der Waals surface area contributed by atoms with Crippen molar-refractivity contribution in [1.29, 1.82) is 0 Å². The van der Waals surface area contributed by atoms with Gasteiger partial charge in [0.25, 0.3) is 11.6 Å². The molecule has 25 heavy (non-hydrogen) atoms. The molecule has 1 amide bonds. The largest absolute Gasteiger partial charge is 0.381 e. The Hall–Kier alpha value is -2.19. The van der Waals surface area contributed by atoms with Gasteiger partial charge in [0, 0.05) is 57.4 Å². The SMILES string of the molecule is COC1(CNc2ccc(C(=O)NC3CC3)cc2[N+](=O)[O-])CCOCC1. The zero-order valence-electron chi connectivity index (χ0n) is 14.2. The Bertz CT molecular complexity index is 654. The minimum Gasteiger partial charge on any atom is -0.381 e. The summed E-state index contributed by atoms with van der Waals surface area (Å²) in [5, 5.41) is 17.4. The highest BCUT2D eigenvalue weighted by atomic mass is 16.6. The van der Waals surface area contributed by atoms with E-state index in [0.717, 1.165) is 25.7 Å². The topological polar surface area (TPSA) is 103 Å². The van der Waals surface area contributed by atoms with Crippen molar-refractivity contribution < 1.29 is 19.2 Å². The molecule has 2 fully saturated rings. The predicted octanol–water partition coefficient (Wildman–Crippen LogP) is 2.09. The zero-order valence-corrected chi connectivity index (χ0v) is 14.2. The monoisotopic (exact) mass is 349 g/mol. The van der Waals surface area contributed by atoms with Crippen LogP contribution in [0.2, 0.25) is 0 Å². The molecule has 0 aromatic heterocycles. The van der Waals surface area contributed by atoms with E-state index in [-0.39, 0.29) is 17.6 Å². The maximum Gasteiger partial charge on any atom is 0.293 e.